The Morgan fingerprint density at radius 2 is 1.85 bits per heavy atom. The number of fused-ring (bicyclic) bond motifs is 1. The van der Waals surface area contributed by atoms with Crippen LogP contribution < -0.4 is 14.8 Å². The highest BCUT2D eigenvalue weighted by atomic mass is 16.6. The van der Waals surface area contributed by atoms with Crippen molar-refractivity contribution in [1.82, 2.24) is 4.90 Å². The van der Waals surface area contributed by atoms with Crippen LogP contribution >= 0.6 is 0 Å². The van der Waals surface area contributed by atoms with E-state index in [-0.39, 0.29) is 17.3 Å². The lowest BCUT2D eigenvalue weighted by Gasteiger charge is -2.37. The number of ether oxygens (including phenoxy) is 2. The molecule has 1 aliphatic rings. The van der Waals surface area contributed by atoms with Gasteiger partial charge in [-0.15, -0.1) is 0 Å². The molecule has 0 unspecified atom stereocenters. The van der Waals surface area contributed by atoms with Crippen LogP contribution in [0.4, 0.5) is 11.4 Å². The normalized spacial score (nSPS) is 15.7. The summed E-state index contributed by atoms with van der Waals surface area (Å²) in [4.78, 5) is 25.8. The number of nitro groups is 1. The first-order chi connectivity index (χ1) is 13.0. The topological polar surface area (TPSA) is 93.9 Å². The van der Waals surface area contributed by atoms with Gasteiger partial charge in [0, 0.05) is 12.2 Å². The number of nitro benzene ring substituents is 1. The number of amides is 1. The fraction of sp³-hybridized carbons (Fsp3) is 0.316. The van der Waals surface area contributed by atoms with E-state index in [4.69, 9.17) is 9.47 Å². The third-order valence-corrected chi connectivity index (χ3v) is 4.51. The predicted molar refractivity (Wildman–Crippen MR) is 100 cm³/mol. The van der Waals surface area contributed by atoms with Gasteiger partial charge in [0.1, 0.15) is 6.17 Å². The summed E-state index contributed by atoms with van der Waals surface area (Å²) >= 11 is 0. The molecule has 2 aromatic rings. The van der Waals surface area contributed by atoms with E-state index >= 15 is 0 Å². The standard InChI is InChI=1S/C19H21N3O5/c1-4-9-21-18(20-14-8-6-5-7-12(14)19(21)23)13-10-16(26-2)17(27-3)11-15(13)22(24)25/h5-8,10-11,18,20H,4,9H2,1-3H3/t18-/m1/s1. The van der Waals surface area contributed by atoms with Gasteiger partial charge < -0.3 is 19.7 Å². The van der Waals surface area contributed by atoms with Crippen molar-refractivity contribution in [2.45, 2.75) is 19.5 Å². The van der Waals surface area contributed by atoms with Crippen molar-refractivity contribution in [3.05, 3.63) is 57.6 Å². The zero-order chi connectivity index (χ0) is 19.6. The number of hydrogen-bond acceptors (Lipinski definition) is 6. The second-order valence-electron chi connectivity index (χ2n) is 6.11. The second-order valence-corrected chi connectivity index (χ2v) is 6.11. The van der Waals surface area contributed by atoms with Crippen molar-refractivity contribution in [3.63, 3.8) is 0 Å². The van der Waals surface area contributed by atoms with Crippen LogP contribution in [0.2, 0.25) is 0 Å². The van der Waals surface area contributed by atoms with E-state index in [0.29, 0.717) is 35.5 Å². The van der Waals surface area contributed by atoms with Gasteiger partial charge in [0.2, 0.25) is 0 Å². The number of carbonyl (C=O) groups excluding carboxylic acids is 1. The number of anilines is 1. The molecule has 0 fully saturated rings. The van der Waals surface area contributed by atoms with Gasteiger partial charge in [0.05, 0.1) is 36.3 Å². The van der Waals surface area contributed by atoms with Crippen molar-refractivity contribution >= 4 is 17.3 Å². The van der Waals surface area contributed by atoms with Crippen LogP contribution in [0.3, 0.4) is 0 Å². The summed E-state index contributed by atoms with van der Waals surface area (Å²) in [5.74, 6) is 0.459. The third-order valence-electron chi connectivity index (χ3n) is 4.51. The van der Waals surface area contributed by atoms with Gasteiger partial charge in [-0.05, 0) is 24.6 Å². The van der Waals surface area contributed by atoms with Crippen LogP contribution in [0.15, 0.2) is 36.4 Å². The molecule has 1 N–H and O–H groups in total. The Morgan fingerprint density at radius 1 is 1.19 bits per heavy atom. The molecule has 0 aromatic heterocycles. The largest absolute Gasteiger partial charge is 0.493 e. The van der Waals surface area contributed by atoms with Gasteiger partial charge in [-0.3, -0.25) is 14.9 Å². The maximum Gasteiger partial charge on any atom is 0.280 e. The number of nitrogens with zero attached hydrogens (tertiary/aromatic N) is 2. The summed E-state index contributed by atoms with van der Waals surface area (Å²) in [6.07, 6.45) is 0.0280. The molecule has 27 heavy (non-hydrogen) atoms. The minimum atomic E-state index is -0.687. The van der Waals surface area contributed by atoms with Crippen molar-refractivity contribution in [3.8, 4) is 11.5 Å². The molecule has 1 atom stereocenters. The molecular weight excluding hydrogens is 350 g/mol. The van der Waals surface area contributed by atoms with Crippen LogP contribution in [0.5, 0.6) is 11.5 Å². The molecule has 1 aliphatic heterocycles. The van der Waals surface area contributed by atoms with Crippen molar-refractivity contribution in [2.24, 2.45) is 0 Å². The third kappa shape index (κ3) is 3.25. The summed E-state index contributed by atoms with van der Waals surface area (Å²) in [5.41, 5.74) is 1.39. The summed E-state index contributed by atoms with van der Waals surface area (Å²) in [7, 11) is 2.88. The zero-order valence-electron chi connectivity index (χ0n) is 15.4. The van der Waals surface area contributed by atoms with Gasteiger partial charge in [-0.2, -0.15) is 0 Å². The highest BCUT2D eigenvalue weighted by molar-refractivity contribution is 6.01. The van der Waals surface area contributed by atoms with E-state index in [1.165, 1.54) is 20.3 Å². The number of hydrogen-bond donors (Lipinski definition) is 1. The molecule has 8 nitrogen and oxygen atoms in total. The number of benzene rings is 2. The van der Waals surface area contributed by atoms with E-state index < -0.39 is 11.1 Å². The molecule has 1 heterocycles. The molecular formula is C19H21N3O5. The number of rotatable bonds is 6. The van der Waals surface area contributed by atoms with Crippen LogP contribution in [0, 0.1) is 10.1 Å². The quantitative estimate of drug-likeness (QED) is 0.616. The zero-order valence-corrected chi connectivity index (χ0v) is 15.4. The average molecular weight is 371 g/mol. The lowest BCUT2D eigenvalue weighted by atomic mass is 10.0. The molecule has 0 radical (unpaired) electrons. The molecule has 0 saturated carbocycles. The van der Waals surface area contributed by atoms with Crippen LogP contribution in [-0.4, -0.2) is 36.5 Å². The molecule has 0 bridgehead atoms. The first kappa shape index (κ1) is 18.5. The number of carbonyl (C=O) groups is 1. The molecule has 0 spiro atoms. The smallest absolute Gasteiger partial charge is 0.280 e. The average Bonchev–Trinajstić information content (AvgIpc) is 2.68. The molecule has 8 heteroatoms. The summed E-state index contributed by atoms with van der Waals surface area (Å²) in [6, 6.07) is 10.0. The van der Waals surface area contributed by atoms with Crippen molar-refractivity contribution in [2.75, 3.05) is 26.1 Å². The Hall–Kier alpha value is -3.29. The SMILES string of the molecule is CCCN1C(=O)c2ccccc2N[C@H]1c1cc(OC)c(OC)cc1[N+](=O)[O-]. The molecule has 3 rings (SSSR count). The van der Waals surface area contributed by atoms with E-state index in [1.54, 1.807) is 29.2 Å². The maximum absolute atomic E-state index is 13.0. The van der Waals surface area contributed by atoms with Crippen LogP contribution in [-0.2, 0) is 0 Å². The summed E-state index contributed by atoms with van der Waals surface area (Å²) in [5, 5.41) is 15.0. The second kappa shape index (κ2) is 7.53. The monoisotopic (exact) mass is 371 g/mol. The Bertz CT molecular complexity index is 884. The van der Waals surface area contributed by atoms with E-state index in [0.717, 1.165) is 0 Å². The van der Waals surface area contributed by atoms with Crippen molar-refractivity contribution in [1.29, 1.82) is 0 Å². The Kier molecular flexibility index (Phi) is 5.16. The minimum absolute atomic E-state index is 0.140. The summed E-state index contributed by atoms with van der Waals surface area (Å²) in [6.45, 7) is 2.41. The fourth-order valence-corrected chi connectivity index (χ4v) is 3.27. The van der Waals surface area contributed by atoms with Gasteiger partial charge in [0.15, 0.2) is 11.5 Å². The Labute approximate surface area is 156 Å². The van der Waals surface area contributed by atoms with E-state index in [2.05, 4.69) is 5.32 Å². The van der Waals surface area contributed by atoms with Crippen LogP contribution in [0.1, 0.15) is 35.4 Å². The highest BCUT2D eigenvalue weighted by Gasteiger charge is 2.36. The lowest BCUT2D eigenvalue weighted by molar-refractivity contribution is -0.386. The molecule has 0 saturated heterocycles. The first-order valence-corrected chi connectivity index (χ1v) is 8.58. The first-order valence-electron chi connectivity index (χ1n) is 8.58. The molecule has 142 valence electrons. The minimum Gasteiger partial charge on any atom is -0.493 e. The summed E-state index contributed by atoms with van der Waals surface area (Å²) < 4.78 is 10.5. The highest BCUT2D eigenvalue weighted by Crippen LogP contribution is 2.41. The number of para-hydroxylation sites is 1. The molecule has 2 aromatic carbocycles. The predicted octanol–water partition coefficient (Wildman–Crippen LogP) is 3.59. The van der Waals surface area contributed by atoms with Crippen LogP contribution in [0.25, 0.3) is 0 Å². The lowest BCUT2D eigenvalue weighted by Crippen LogP contribution is -2.43. The maximum atomic E-state index is 13.0. The van der Waals surface area contributed by atoms with Gasteiger partial charge in [-0.25, -0.2) is 0 Å². The number of methoxy groups -OCH3 is 2. The number of nitrogens with one attached hydrogen (secondary N) is 1. The van der Waals surface area contributed by atoms with E-state index in [9.17, 15) is 14.9 Å². The van der Waals surface area contributed by atoms with Gasteiger partial charge in [0.25, 0.3) is 11.6 Å². The molecule has 0 aliphatic carbocycles. The van der Waals surface area contributed by atoms with E-state index in [1.807, 2.05) is 13.0 Å². The fourth-order valence-electron chi connectivity index (χ4n) is 3.27. The molecule has 1 amide bonds. The Morgan fingerprint density at radius 3 is 2.48 bits per heavy atom. The van der Waals surface area contributed by atoms with Gasteiger partial charge >= 0.3 is 0 Å². The van der Waals surface area contributed by atoms with Gasteiger partial charge in [-0.1, -0.05) is 19.1 Å². The van der Waals surface area contributed by atoms with Crippen molar-refractivity contribution < 1.29 is 19.2 Å². The Balaban J connectivity index is 2.18.